The third-order valence-corrected chi connectivity index (χ3v) is 3.51. The van der Waals surface area contributed by atoms with Gasteiger partial charge in [-0.2, -0.15) is 0 Å². The summed E-state index contributed by atoms with van der Waals surface area (Å²) in [7, 11) is 0. The van der Waals surface area contributed by atoms with E-state index >= 15 is 0 Å². The highest BCUT2D eigenvalue weighted by Crippen LogP contribution is 2.19. The zero-order valence-corrected chi connectivity index (χ0v) is 12.2. The van der Waals surface area contributed by atoms with Gasteiger partial charge in [0.05, 0.1) is 16.8 Å². The second kappa shape index (κ2) is 6.16. The summed E-state index contributed by atoms with van der Waals surface area (Å²) in [6.45, 7) is 4.94. The van der Waals surface area contributed by atoms with Crippen LogP contribution in [0.15, 0.2) is 21.4 Å². The van der Waals surface area contributed by atoms with Crippen LogP contribution >= 0.6 is 28.1 Å². The van der Waals surface area contributed by atoms with Crippen LogP contribution in [0.25, 0.3) is 0 Å². The van der Waals surface area contributed by atoms with Gasteiger partial charge in [-0.15, -0.1) is 0 Å². The predicted molar refractivity (Wildman–Crippen MR) is 73.9 cm³/mol. The van der Waals surface area contributed by atoms with Gasteiger partial charge in [-0.25, -0.2) is 0 Å². The van der Waals surface area contributed by atoms with Crippen LogP contribution < -0.4 is 5.73 Å². The fourth-order valence-corrected chi connectivity index (χ4v) is 1.88. The number of furan rings is 1. The van der Waals surface area contributed by atoms with E-state index in [1.54, 1.807) is 11.0 Å². The molecule has 1 unspecified atom stereocenters. The fourth-order valence-electron chi connectivity index (χ4n) is 1.39. The van der Waals surface area contributed by atoms with Gasteiger partial charge in [-0.05, 0) is 28.9 Å². The Morgan fingerprint density at radius 2 is 2.35 bits per heavy atom. The third kappa shape index (κ3) is 3.54. The molecule has 1 amide bonds. The van der Waals surface area contributed by atoms with Crippen molar-refractivity contribution in [1.82, 2.24) is 4.90 Å². The van der Waals surface area contributed by atoms with E-state index in [4.69, 9.17) is 22.4 Å². The molecular formula is C11H15BrN2O2S. The molecular weight excluding hydrogens is 304 g/mol. The zero-order valence-electron chi connectivity index (χ0n) is 9.77. The van der Waals surface area contributed by atoms with Crippen molar-refractivity contribution in [2.24, 2.45) is 11.7 Å². The van der Waals surface area contributed by atoms with Gasteiger partial charge in [-0.1, -0.05) is 19.1 Å². The number of rotatable bonds is 5. The van der Waals surface area contributed by atoms with Gasteiger partial charge in [0.1, 0.15) is 0 Å². The van der Waals surface area contributed by atoms with E-state index in [9.17, 15) is 4.79 Å². The highest BCUT2D eigenvalue weighted by Gasteiger charge is 2.21. The number of hydrogen-bond acceptors (Lipinski definition) is 3. The van der Waals surface area contributed by atoms with Crippen LogP contribution in [0.1, 0.15) is 24.2 Å². The normalized spacial score (nSPS) is 12.2. The Balaban J connectivity index is 2.78. The molecule has 0 aromatic carbocycles. The molecule has 1 aromatic heterocycles. The molecule has 0 saturated carbocycles. The van der Waals surface area contributed by atoms with Crippen LogP contribution in [0.2, 0.25) is 0 Å². The van der Waals surface area contributed by atoms with Crippen molar-refractivity contribution in [3.05, 3.63) is 22.6 Å². The maximum Gasteiger partial charge on any atom is 0.258 e. The molecule has 1 rings (SSSR count). The lowest BCUT2D eigenvalue weighted by atomic mass is 10.1. The number of hydrogen-bond donors (Lipinski definition) is 1. The van der Waals surface area contributed by atoms with Crippen molar-refractivity contribution in [2.45, 2.75) is 13.8 Å². The summed E-state index contributed by atoms with van der Waals surface area (Å²) in [5.41, 5.74) is 6.07. The van der Waals surface area contributed by atoms with E-state index in [0.717, 1.165) is 0 Å². The topological polar surface area (TPSA) is 59.5 Å². The van der Waals surface area contributed by atoms with E-state index in [-0.39, 0.29) is 11.8 Å². The van der Waals surface area contributed by atoms with Crippen LogP contribution in [0.5, 0.6) is 0 Å². The number of carbonyl (C=O) groups excluding carboxylic acids is 1. The minimum atomic E-state index is -0.0868. The maximum atomic E-state index is 12.2. The van der Waals surface area contributed by atoms with Gasteiger partial charge < -0.3 is 15.1 Å². The molecule has 0 aliphatic carbocycles. The molecule has 0 radical (unpaired) electrons. The molecule has 1 atom stereocenters. The lowest BCUT2D eigenvalue weighted by molar-refractivity contribution is 0.0753. The molecule has 17 heavy (non-hydrogen) atoms. The summed E-state index contributed by atoms with van der Waals surface area (Å²) >= 11 is 8.10. The van der Waals surface area contributed by atoms with Gasteiger partial charge in [0.15, 0.2) is 4.67 Å². The summed E-state index contributed by atoms with van der Waals surface area (Å²) in [4.78, 5) is 14.3. The van der Waals surface area contributed by atoms with E-state index in [1.165, 1.54) is 6.26 Å². The molecule has 6 heteroatoms. The number of carbonyl (C=O) groups is 1. The number of amides is 1. The maximum absolute atomic E-state index is 12.2. The van der Waals surface area contributed by atoms with Crippen LogP contribution in [-0.4, -0.2) is 28.9 Å². The summed E-state index contributed by atoms with van der Waals surface area (Å²) in [6.07, 6.45) is 1.47. The molecule has 1 aromatic rings. The van der Waals surface area contributed by atoms with E-state index in [2.05, 4.69) is 15.9 Å². The van der Waals surface area contributed by atoms with Crippen molar-refractivity contribution in [2.75, 3.05) is 13.1 Å². The molecule has 0 saturated heterocycles. The molecule has 94 valence electrons. The highest BCUT2D eigenvalue weighted by molar-refractivity contribution is 9.10. The minimum Gasteiger partial charge on any atom is -0.457 e. The van der Waals surface area contributed by atoms with Crippen molar-refractivity contribution in [3.8, 4) is 0 Å². The zero-order chi connectivity index (χ0) is 13.0. The summed E-state index contributed by atoms with van der Waals surface area (Å²) in [5.74, 6) is -0.0872. The van der Waals surface area contributed by atoms with Crippen molar-refractivity contribution in [1.29, 1.82) is 0 Å². The summed E-state index contributed by atoms with van der Waals surface area (Å²) in [5, 5.41) is 0. The van der Waals surface area contributed by atoms with Gasteiger partial charge in [-0.3, -0.25) is 4.79 Å². The Bertz CT molecular complexity index is 419. The van der Waals surface area contributed by atoms with E-state index < -0.39 is 0 Å². The first-order valence-electron chi connectivity index (χ1n) is 5.29. The average molecular weight is 319 g/mol. The largest absolute Gasteiger partial charge is 0.457 e. The smallest absolute Gasteiger partial charge is 0.258 e. The second-order valence-electron chi connectivity index (χ2n) is 3.76. The van der Waals surface area contributed by atoms with Crippen molar-refractivity contribution < 1.29 is 9.21 Å². The van der Waals surface area contributed by atoms with Crippen LogP contribution in [-0.2, 0) is 0 Å². The van der Waals surface area contributed by atoms with Crippen molar-refractivity contribution in [3.63, 3.8) is 0 Å². The fraction of sp³-hybridized carbons (Fsp3) is 0.455. The molecule has 4 nitrogen and oxygen atoms in total. The molecule has 0 fully saturated rings. The number of nitrogens with two attached hydrogens (primary N) is 1. The molecule has 0 aliphatic heterocycles. The number of thiocarbonyl (C=S) groups is 1. The van der Waals surface area contributed by atoms with Crippen LogP contribution in [0, 0.1) is 5.92 Å². The Hall–Kier alpha value is -0.880. The van der Waals surface area contributed by atoms with Gasteiger partial charge in [0.25, 0.3) is 5.91 Å². The average Bonchev–Trinajstić information content (AvgIpc) is 2.70. The summed E-state index contributed by atoms with van der Waals surface area (Å²) < 4.78 is 5.50. The van der Waals surface area contributed by atoms with E-state index in [0.29, 0.717) is 28.3 Å². The Kier molecular flexibility index (Phi) is 5.14. The Labute approximate surface area is 114 Å². The Morgan fingerprint density at radius 3 is 2.76 bits per heavy atom. The van der Waals surface area contributed by atoms with E-state index in [1.807, 2.05) is 13.8 Å². The van der Waals surface area contributed by atoms with Gasteiger partial charge in [0, 0.05) is 19.0 Å². The van der Waals surface area contributed by atoms with Gasteiger partial charge >= 0.3 is 0 Å². The number of nitrogens with zero attached hydrogens (tertiary/aromatic N) is 1. The lowest BCUT2D eigenvalue weighted by Gasteiger charge is -2.23. The standard InChI is InChI=1S/C11H15BrN2O2S/c1-3-14(6-7(2)10(13)17)11(15)8-4-5-16-9(8)12/h4-5,7H,3,6H2,1-2H3,(H2,13,17). The molecule has 0 aliphatic rings. The van der Waals surface area contributed by atoms with Crippen molar-refractivity contribution >= 4 is 39.0 Å². The third-order valence-electron chi connectivity index (χ3n) is 2.50. The minimum absolute atomic E-state index is 0.000392. The SMILES string of the molecule is CCN(CC(C)C(N)=S)C(=O)c1ccoc1Br. The lowest BCUT2D eigenvalue weighted by Crippen LogP contribution is -2.38. The second-order valence-corrected chi connectivity index (χ2v) is 4.95. The molecule has 1 heterocycles. The number of halogens is 1. The predicted octanol–water partition coefficient (Wildman–Crippen LogP) is 2.43. The Morgan fingerprint density at radius 1 is 1.71 bits per heavy atom. The monoisotopic (exact) mass is 318 g/mol. The van der Waals surface area contributed by atoms with Gasteiger partial charge in [0.2, 0.25) is 0 Å². The molecule has 0 spiro atoms. The first-order chi connectivity index (χ1) is 7.97. The highest BCUT2D eigenvalue weighted by atomic mass is 79.9. The van der Waals surface area contributed by atoms with Crippen LogP contribution in [0.4, 0.5) is 0 Å². The molecule has 2 N–H and O–H groups in total. The van der Waals surface area contributed by atoms with Crippen LogP contribution in [0.3, 0.4) is 0 Å². The first-order valence-corrected chi connectivity index (χ1v) is 6.49. The first kappa shape index (κ1) is 14.2. The summed E-state index contributed by atoms with van der Waals surface area (Å²) in [6, 6.07) is 1.64. The quantitative estimate of drug-likeness (QED) is 0.847. The molecule has 0 bridgehead atoms.